The molecule has 0 aromatic heterocycles. The van der Waals surface area contributed by atoms with E-state index in [-0.39, 0.29) is 12.4 Å². The van der Waals surface area contributed by atoms with E-state index in [9.17, 15) is 0 Å². The number of hydrogen-bond donors (Lipinski definition) is 0. The fourth-order valence-corrected chi connectivity index (χ4v) is 2.25. The van der Waals surface area contributed by atoms with Crippen molar-refractivity contribution in [3.63, 3.8) is 0 Å². The van der Waals surface area contributed by atoms with Crippen molar-refractivity contribution < 1.29 is 12.4 Å². The van der Waals surface area contributed by atoms with Crippen LogP contribution in [0.3, 0.4) is 0 Å². The van der Waals surface area contributed by atoms with Crippen molar-refractivity contribution in [2.75, 3.05) is 0 Å². The van der Waals surface area contributed by atoms with Crippen LogP contribution in [0.1, 0.15) is 77.6 Å². The van der Waals surface area contributed by atoms with Crippen molar-refractivity contribution in [3.05, 3.63) is 12.2 Å². The first-order valence-electron chi connectivity index (χ1n) is 7.36. The quantitative estimate of drug-likeness (QED) is 0.290. The molecule has 0 rings (SSSR count). The summed E-state index contributed by atoms with van der Waals surface area (Å²) in [4.78, 5) is 0. The molecule has 17 heavy (non-hydrogen) atoms. The van der Waals surface area contributed by atoms with Gasteiger partial charge in [0.25, 0.3) is 0 Å². The number of allylic oxidation sites excluding steroid dienone is 2. The van der Waals surface area contributed by atoms with Crippen LogP contribution in [0.5, 0.6) is 0 Å². The number of halogens is 1. The molecule has 0 saturated carbocycles. The van der Waals surface area contributed by atoms with E-state index in [1.807, 2.05) is 0 Å². The Bertz CT molecular complexity index is 146. The number of hydrogen-bond acceptors (Lipinski definition) is 0. The summed E-state index contributed by atoms with van der Waals surface area (Å²) in [6, 6.07) is 0. The zero-order valence-electron chi connectivity index (χ0n) is 11.7. The first kappa shape index (κ1) is 20.1. The maximum atomic E-state index is 2.40. The molecule has 0 aliphatic rings. The summed E-state index contributed by atoms with van der Waals surface area (Å²) in [5.74, 6) is 0. The van der Waals surface area contributed by atoms with Crippen LogP contribution < -0.4 is 12.4 Å². The van der Waals surface area contributed by atoms with Crippen LogP contribution in [-0.2, 0) is 0 Å². The van der Waals surface area contributed by atoms with Gasteiger partial charge in [-0.15, -0.1) is 0 Å². The molecule has 0 aromatic rings. The summed E-state index contributed by atoms with van der Waals surface area (Å²) in [7, 11) is 0. The molecule has 0 nitrogen and oxygen atoms in total. The van der Waals surface area contributed by atoms with Crippen LogP contribution in [0.2, 0.25) is 4.55 Å². The van der Waals surface area contributed by atoms with Crippen molar-refractivity contribution in [1.29, 1.82) is 0 Å². The summed E-state index contributed by atoms with van der Waals surface area (Å²) < 4.78 is 1.39. The predicted octanol–water partition coefficient (Wildman–Crippen LogP) is 2.44. The van der Waals surface area contributed by atoms with Gasteiger partial charge in [0.1, 0.15) is 0 Å². The smallest absolute Gasteiger partial charge is 1.00 e. The van der Waals surface area contributed by atoms with Crippen molar-refractivity contribution in [2.45, 2.75) is 82.1 Å². The van der Waals surface area contributed by atoms with Crippen molar-refractivity contribution >= 4 is 21.7 Å². The van der Waals surface area contributed by atoms with E-state index in [0.29, 0.717) is 0 Å². The van der Waals surface area contributed by atoms with E-state index in [4.69, 9.17) is 0 Å². The summed E-state index contributed by atoms with van der Waals surface area (Å²) in [5, 5.41) is 0. The van der Waals surface area contributed by atoms with Gasteiger partial charge in [-0.1, -0.05) is 19.8 Å². The molecule has 0 saturated heterocycles. The number of unbranched alkanes of at least 4 members (excludes halogenated alkanes) is 9. The van der Waals surface area contributed by atoms with Crippen LogP contribution >= 0.6 is 0 Å². The molecular formula is C15H29ClMg. The van der Waals surface area contributed by atoms with Crippen molar-refractivity contribution in [2.24, 2.45) is 0 Å². The largest absolute Gasteiger partial charge is 1.00 e. The Morgan fingerprint density at radius 2 is 1.18 bits per heavy atom. The Kier molecular flexibility index (Phi) is 22.7. The van der Waals surface area contributed by atoms with Crippen LogP contribution in [-0.4, -0.2) is 21.7 Å². The normalized spacial score (nSPS) is 10.8. The van der Waals surface area contributed by atoms with E-state index >= 15 is 0 Å². The second kappa shape index (κ2) is 19.1. The first-order chi connectivity index (χ1) is 7.91. The number of rotatable bonds is 12. The molecule has 0 spiro atoms. The van der Waals surface area contributed by atoms with Crippen LogP contribution in [0.15, 0.2) is 12.2 Å². The van der Waals surface area contributed by atoms with E-state index in [2.05, 4.69) is 40.8 Å². The zero-order valence-corrected chi connectivity index (χ0v) is 13.9. The molecule has 0 N–H and O–H groups in total. The third kappa shape index (κ3) is 19.3. The molecule has 0 heterocycles. The minimum Gasteiger partial charge on any atom is -1.00 e. The second-order valence-electron chi connectivity index (χ2n) is 4.73. The van der Waals surface area contributed by atoms with Gasteiger partial charge in [0, 0.05) is 0 Å². The van der Waals surface area contributed by atoms with E-state index in [1.54, 1.807) is 0 Å². The third-order valence-corrected chi connectivity index (χ3v) is 3.51. The van der Waals surface area contributed by atoms with E-state index in [1.165, 1.54) is 75.2 Å². The molecule has 2 heteroatoms. The predicted molar refractivity (Wildman–Crippen MR) is 76.2 cm³/mol. The Morgan fingerprint density at radius 1 is 0.706 bits per heavy atom. The van der Waals surface area contributed by atoms with Crippen molar-refractivity contribution in [1.82, 2.24) is 0 Å². The average molecular weight is 269 g/mol. The molecule has 0 amide bonds. The molecule has 0 aromatic carbocycles. The fraction of sp³-hybridized carbons (Fsp3) is 0.867. The van der Waals surface area contributed by atoms with Crippen LogP contribution in [0.4, 0.5) is 0 Å². The van der Waals surface area contributed by atoms with Crippen LogP contribution in [0, 0.1) is 0 Å². The minimum absolute atomic E-state index is 0. The zero-order chi connectivity index (χ0) is 11.9. The Balaban J connectivity index is 0. The summed E-state index contributed by atoms with van der Waals surface area (Å²) in [5.41, 5.74) is 0. The van der Waals surface area contributed by atoms with Gasteiger partial charge >= 0.3 is 96.2 Å². The van der Waals surface area contributed by atoms with Gasteiger partial charge in [-0.3, -0.25) is 0 Å². The molecule has 0 aliphatic carbocycles. The van der Waals surface area contributed by atoms with Gasteiger partial charge < -0.3 is 12.4 Å². The molecule has 0 aliphatic heterocycles. The maximum absolute atomic E-state index is 2.40. The van der Waals surface area contributed by atoms with Crippen LogP contribution in [0.25, 0.3) is 0 Å². The van der Waals surface area contributed by atoms with Gasteiger partial charge in [-0.25, -0.2) is 0 Å². The maximum Gasteiger partial charge on any atom is -1.00 e. The average Bonchev–Trinajstić information content (AvgIpc) is 2.31. The van der Waals surface area contributed by atoms with E-state index in [0.717, 1.165) is 0 Å². The fourth-order valence-electron chi connectivity index (χ4n) is 1.89. The Hall–Kier alpha value is 0.796. The minimum atomic E-state index is 0. The molecule has 0 fully saturated rings. The third-order valence-electron chi connectivity index (χ3n) is 3.01. The molecule has 0 atom stereocenters. The van der Waals surface area contributed by atoms with E-state index < -0.39 is 0 Å². The molecule has 0 bridgehead atoms. The van der Waals surface area contributed by atoms with Gasteiger partial charge in [0.05, 0.1) is 0 Å². The monoisotopic (exact) mass is 268 g/mol. The summed E-state index contributed by atoms with van der Waals surface area (Å²) in [6.07, 6.45) is 20.1. The summed E-state index contributed by atoms with van der Waals surface area (Å²) >= 11 is 2.10. The van der Waals surface area contributed by atoms with Gasteiger partial charge in [-0.2, -0.15) is 0 Å². The second-order valence-corrected chi connectivity index (χ2v) is 5.44. The molecule has 0 radical (unpaired) electrons. The topological polar surface area (TPSA) is 0 Å². The SMILES string of the molecule is CCCCCC/C=C\CCCCCC[CH2][Mg+].[Cl-]. The Morgan fingerprint density at radius 3 is 1.71 bits per heavy atom. The van der Waals surface area contributed by atoms with Gasteiger partial charge in [0.15, 0.2) is 0 Å². The van der Waals surface area contributed by atoms with Gasteiger partial charge in [-0.05, 0) is 0 Å². The standard InChI is InChI=1S/C15H29.ClH.Mg/c1-3-5-7-9-11-13-15-14-12-10-8-6-4-2;;/h14-15H,1,3-13H2,2H3;1H;/q;;+1/p-1/b15-14-;;. The molecule has 98 valence electrons. The molecule has 0 unspecified atom stereocenters. The summed E-state index contributed by atoms with van der Waals surface area (Å²) in [6.45, 7) is 2.27. The van der Waals surface area contributed by atoms with Crippen molar-refractivity contribution in [3.8, 4) is 0 Å². The van der Waals surface area contributed by atoms with Gasteiger partial charge in [0.2, 0.25) is 0 Å². The molecular weight excluding hydrogens is 240 g/mol. The Labute approximate surface area is 128 Å². The first-order valence-corrected chi connectivity index (χ1v) is 8.36.